The molecule has 1 aliphatic rings. The smallest absolute Gasteiger partial charge is 0.268 e. The summed E-state index contributed by atoms with van der Waals surface area (Å²) < 4.78 is 5.22. The fourth-order valence-corrected chi connectivity index (χ4v) is 3.30. The fourth-order valence-electron chi connectivity index (χ4n) is 2.49. The van der Waals surface area contributed by atoms with Crippen LogP contribution < -0.4 is 10.5 Å². The Morgan fingerprint density at radius 1 is 1.63 bits per heavy atom. The molecule has 4 nitrogen and oxygen atoms in total. The van der Waals surface area contributed by atoms with Gasteiger partial charge in [0.05, 0.1) is 7.11 Å². The van der Waals surface area contributed by atoms with Gasteiger partial charge in [-0.05, 0) is 30.2 Å². The van der Waals surface area contributed by atoms with E-state index >= 15 is 0 Å². The molecule has 2 atom stereocenters. The summed E-state index contributed by atoms with van der Waals surface area (Å²) in [6.07, 6.45) is 2.05. The average Bonchev–Trinajstić information content (AvgIpc) is 2.86. The van der Waals surface area contributed by atoms with Gasteiger partial charge in [0.15, 0.2) is 0 Å². The number of hydrogen-bond acceptors (Lipinski definition) is 4. The van der Waals surface area contributed by atoms with Gasteiger partial charge in [0.25, 0.3) is 5.91 Å². The topological polar surface area (TPSA) is 55.6 Å². The van der Waals surface area contributed by atoms with Crippen molar-refractivity contribution >= 4 is 29.7 Å². The molecule has 2 rings (SSSR count). The first-order valence-corrected chi connectivity index (χ1v) is 7.17. The zero-order valence-corrected chi connectivity index (χ0v) is 12.9. The standard InChI is InChI=1S/C13H20N2O2S.ClH/c1-9-3-5-15(10(7-9)8-14)13(16)12-11(17-2)4-6-18-12;/h4,6,9-10H,3,5,7-8,14H2,1-2H3;1H. The molecule has 2 heterocycles. The van der Waals surface area contributed by atoms with Gasteiger partial charge in [0, 0.05) is 19.1 Å². The first kappa shape index (κ1) is 16.3. The lowest BCUT2D eigenvalue weighted by molar-refractivity contribution is 0.0576. The second kappa shape index (κ2) is 7.12. The molecule has 0 saturated carbocycles. The second-order valence-electron chi connectivity index (χ2n) is 4.84. The van der Waals surface area contributed by atoms with Gasteiger partial charge in [-0.1, -0.05) is 6.92 Å². The zero-order chi connectivity index (χ0) is 13.1. The number of nitrogens with zero attached hydrogens (tertiary/aromatic N) is 1. The van der Waals surface area contributed by atoms with Crippen molar-refractivity contribution in [1.82, 2.24) is 4.90 Å². The molecule has 2 N–H and O–H groups in total. The number of carbonyl (C=O) groups excluding carboxylic acids is 1. The Labute approximate surface area is 124 Å². The molecule has 1 fully saturated rings. The minimum atomic E-state index is 0. The number of piperidine rings is 1. The Morgan fingerprint density at radius 3 is 3.00 bits per heavy atom. The van der Waals surface area contributed by atoms with Crippen LogP contribution in [0.25, 0.3) is 0 Å². The summed E-state index contributed by atoms with van der Waals surface area (Å²) in [5, 5.41) is 1.89. The average molecular weight is 305 g/mol. The lowest BCUT2D eigenvalue weighted by atomic mass is 9.92. The molecule has 0 spiro atoms. The molecule has 1 saturated heterocycles. The van der Waals surface area contributed by atoms with E-state index in [1.54, 1.807) is 7.11 Å². The summed E-state index contributed by atoms with van der Waals surface area (Å²) in [5.41, 5.74) is 5.80. The van der Waals surface area contributed by atoms with Gasteiger partial charge in [-0.2, -0.15) is 0 Å². The van der Waals surface area contributed by atoms with Crippen molar-refractivity contribution in [3.8, 4) is 5.75 Å². The third-order valence-corrected chi connectivity index (χ3v) is 4.44. The number of amides is 1. The van der Waals surface area contributed by atoms with Crippen LogP contribution in [0, 0.1) is 5.92 Å². The lowest BCUT2D eigenvalue weighted by Crippen LogP contribution is -2.49. The predicted molar refractivity (Wildman–Crippen MR) is 80.4 cm³/mol. The van der Waals surface area contributed by atoms with E-state index in [9.17, 15) is 4.79 Å². The monoisotopic (exact) mass is 304 g/mol. The molecule has 19 heavy (non-hydrogen) atoms. The lowest BCUT2D eigenvalue weighted by Gasteiger charge is -2.37. The number of hydrogen-bond donors (Lipinski definition) is 1. The number of halogens is 1. The van der Waals surface area contributed by atoms with Crippen LogP contribution >= 0.6 is 23.7 Å². The maximum absolute atomic E-state index is 12.5. The third-order valence-electron chi connectivity index (χ3n) is 3.55. The number of likely N-dealkylation sites (tertiary alicyclic amines) is 1. The molecular formula is C13H21ClN2O2S. The fraction of sp³-hybridized carbons (Fsp3) is 0.615. The number of nitrogens with two attached hydrogens (primary N) is 1. The van der Waals surface area contributed by atoms with Crippen molar-refractivity contribution in [2.75, 3.05) is 20.2 Å². The number of carbonyl (C=O) groups is 1. The van der Waals surface area contributed by atoms with Crippen molar-refractivity contribution in [3.05, 3.63) is 16.3 Å². The zero-order valence-electron chi connectivity index (χ0n) is 11.3. The molecule has 1 aromatic heterocycles. The van der Waals surface area contributed by atoms with Crippen LogP contribution in [0.4, 0.5) is 0 Å². The Kier molecular flexibility index (Phi) is 6.10. The first-order valence-electron chi connectivity index (χ1n) is 6.29. The molecule has 0 aliphatic carbocycles. The Hall–Kier alpha value is -0.780. The van der Waals surface area contributed by atoms with E-state index in [0.717, 1.165) is 19.4 Å². The van der Waals surface area contributed by atoms with E-state index in [1.807, 2.05) is 16.3 Å². The van der Waals surface area contributed by atoms with Crippen LogP contribution in [0.1, 0.15) is 29.4 Å². The maximum atomic E-state index is 12.5. The molecule has 6 heteroatoms. The molecule has 1 amide bonds. The number of methoxy groups -OCH3 is 1. The van der Waals surface area contributed by atoms with Gasteiger partial charge in [0.2, 0.25) is 0 Å². The van der Waals surface area contributed by atoms with Crippen molar-refractivity contribution in [2.45, 2.75) is 25.8 Å². The number of rotatable bonds is 3. The van der Waals surface area contributed by atoms with Crippen molar-refractivity contribution in [2.24, 2.45) is 11.7 Å². The summed E-state index contributed by atoms with van der Waals surface area (Å²) in [7, 11) is 1.59. The van der Waals surface area contributed by atoms with Crippen LogP contribution in [0.15, 0.2) is 11.4 Å². The summed E-state index contributed by atoms with van der Waals surface area (Å²) in [6, 6.07) is 2.00. The van der Waals surface area contributed by atoms with Gasteiger partial charge in [-0.25, -0.2) is 0 Å². The highest BCUT2D eigenvalue weighted by Gasteiger charge is 2.31. The normalized spacial score (nSPS) is 22.8. The van der Waals surface area contributed by atoms with E-state index in [-0.39, 0.29) is 24.4 Å². The molecule has 0 radical (unpaired) electrons. The third kappa shape index (κ3) is 3.41. The number of ether oxygens (including phenoxy) is 1. The highest BCUT2D eigenvalue weighted by atomic mass is 35.5. The molecule has 1 aliphatic heterocycles. The highest BCUT2D eigenvalue weighted by molar-refractivity contribution is 7.12. The summed E-state index contributed by atoms with van der Waals surface area (Å²) in [4.78, 5) is 15.1. The van der Waals surface area contributed by atoms with Crippen molar-refractivity contribution < 1.29 is 9.53 Å². The van der Waals surface area contributed by atoms with Gasteiger partial charge in [-0.3, -0.25) is 4.79 Å². The minimum absolute atomic E-state index is 0. The largest absolute Gasteiger partial charge is 0.495 e. The van der Waals surface area contributed by atoms with Crippen LogP contribution in [0.5, 0.6) is 5.75 Å². The van der Waals surface area contributed by atoms with E-state index in [2.05, 4.69) is 6.92 Å². The van der Waals surface area contributed by atoms with E-state index in [1.165, 1.54) is 11.3 Å². The van der Waals surface area contributed by atoms with Gasteiger partial charge >= 0.3 is 0 Å². The summed E-state index contributed by atoms with van der Waals surface area (Å²) >= 11 is 1.43. The molecular weight excluding hydrogens is 284 g/mol. The van der Waals surface area contributed by atoms with E-state index < -0.39 is 0 Å². The van der Waals surface area contributed by atoms with E-state index in [0.29, 0.717) is 23.1 Å². The minimum Gasteiger partial charge on any atom is -0.495 e. The molecule has 0 bridgehead atoms. The summed E-state index contributed by atoms with van der Waals surface area (Å²) in [5.74, 6) is 1.37. The van der Waals surface area contributed by atoms with Crippen LogP contribution in [0.2, 0.25) is 0 Å². The number of thiophene rings is 1. The Bertz CT molecular complexity index is 425. The highest BCUT2D eigenvalue weighted by Crippen LogP contribution is 2.29. The maximum Gasteiger partial charge on any atom is 0.268 e. The van der Waals surface area contributed by atoms with Crippen molar-refractivity contribution in [1.29, 1.82) is 0 Å². The molecule has 0 aromatic carbocycles. The Morgan fingerprint density at radius 2 is 2.37 bits per heavy atom. The van der Waals surface area contributed by atoms with Gasteiger partial charge in [0.1, 0.15) is 10.6 Å². The molecule has 1 aromatic rings. The Balaban J connectivity index is 0.00000180. The molecule has 2 unspecified atom stereocenters. The first-order chi connectivity index (χ1) is 8.67. The van der Waals surface area contributed by atoms with Crippen LogP contribution in [-0.4, -0.2) is 37.0 Å². The van der Waals surface area contributed by atoms with Crippen LogP contribution in [0.3, 0.4) is 0 Å². The quantitative estimate of drug-likeness (QED) is 0.933. The van der Waals surface area contributed by atoms with Gasteiger partial charge < -0.3 is 15.4 Å². The van der Waals surface area contributed by atoms with E-state index in [4.69, 9.17) is 10.5 Å². The summed E-state index contributed by atoms with van der Waals surface area (Å²) in [6.45, 7) is 3.54. The van der Waals surface area contributed by atoms with Gasteiger partial charge in [-0.15, -0.1) is 23.7 Å². The molecule has 108 valence electrons. The van der Waals surface area contributed by atoms with Crippen LogP contribution in [-0.2, 0) is 0 Å². The SMILES string of the molecule is COc1ccsc1C(=O)N1CCC(C)CC1CN.Cl. The van der Waals surface area contributed by atoms with Crippen molar-refractivity contribution in [3.63, 3.8) is 0 Å². The second-order valence-corrected chi connectivity index (χ2v) is 5.75. The predicted octanol–water partition coefficient (Wildman–Crippen LogP) is 2.38.